The molecule has 0 fully saturated rings. The molecule has 0 unspecified atom stereocenters. The highest BCUT2D eigenvalue weighted by Crippen LogP contribution is 2.18. The third-order valence-corrected chi connectivity index (χ3v) is 6.69. The first-order valence-electron chi connectivity index (χ1n) is 12.5. The normalized spacial score (nSPS) is 11.2. The minimum atomic E-state index is -0.506. The summed E-state index contributed by atoms with van der Waals surface area (Å²) in [6.45, 7) is 1.82. The highest BCUT2D eigenvalue weighted by Gasteiger charge is 2.19. The number of aryl methyl sites for hydroxylation is 3. The molecule has 3 aromatic heterocycles. The van der Waals surface area contributed by atoms with E-state index in [1.165, 1.54) is 10.9 Å². The molecule has 0 saturated heterocycles. The first kappa shape index (κ1) is 25.7. The summed E-state index contributed by atoms with van der Waals surface area (Å²) in [5, 5.41) is 0. The van der Waals surface area contributed by atoms with Gasteiger partial charge in [0.2, 0.25) is 0 Å². The van der Waals surface area contributed by atoms with Gasteiger partial charge in [-0.05, 0) is 59.9 Å². The van der Waals surface area contributed by atoms with Gasteiger partial charge >= 0.3 is 5.69 Å². The summed E-state index contributed by atoms with van der Waals surface area (Å²) in [6, 6.07) is 18.5. The average molecular weight is 522 g/mol. The maximum absolute atomic E-state index is 13.3. The van der Waals surface area contributed by atoms with E-state index >= 15 is 0 Å². The number of carbonyl (C=O) groups excluding carboxylic acids is 2. The van der Waals surface area contributed by atoms with Gasteiger partial charge in [0.15, 0.2) is 22.7 Å². The fourth-order valence-corrected chi connectivity index (χ4v) is 4.69. The van der Waals surface area contributed by atoms with Crippen molar-refractivity contribution in [2.75, 3.05) is 0 Å². The highest BCUT2D eigenvalue weighted by atomic mass is 16.2. The van der Waals surface area contributed by atoms with Crippen LogP contribution in [-0.2, 0) is 27.1 Å². The first-order chi connectivity index (χ1) is 18.7. The summed E-state index contributed by atoms with van der Waals surface area (Å²) in [5.74, 6) is -0.729. The van der Waals surface area contributed by atoms with Crippen molar-refractivity contribution in [2.45, 2.75) is 26.3 Å². The van der Waals surface area contributed by atoms with Crippen LogP contribution in [0.25, 0.3) is 11.2 Å². The molecule has 196 valence electrons. The highest BCUT2D eigenvalue weighted by molar-refractivity contribution is 6.13. The lowest BCUT2D eigenvalue weighted by Gasteiger charge is -2.12. The molecule has 9 nitrogen and oxygen atoms in total. The van der Waals surface area contributed by atoms with E-state index in [4.69, 9.17) is 0 Å². The van der Waals surface area contributed by atoms with Crippen LogP contribution in [0.5, 0.6) is 0 Å². The van der Waals surface area contributed by atoms with E-state index in [2.05, 4.69) is 9.97 Å². The molecule has 0 saturated carbocycles. The number of hydrogen-bond donors (Lipinski definition) is 0. The summed E-state index contributed by atoms with van der Waals surface area (Å²) in [5.41, 5.74) is 3.58. The van der Waals surface area contributed by atoms with E-state index in [-0.39, 0.29) is 30.2 Å². The molecule has 0 atom stereocenters. The number of ketones is 2. The van der Waals surface area contributed by atoms with Gasteiger partial charge in [-0.3, -0.25) is 28.5 Å². The van der Waals surface area contributed by atoms with E-state index in [9.17, 15) is 19.2 Å². The zero-order valence-corrected chi connectivity index (χ0v) is 21.9. The van der Waals surface area contributed by atoms with Crippen molar-refractivity contribution in [2.24, 2.45) is 14.1 Å². The molecule has 3 heterocycles. The summed E-state index contributed by atoms with van der Waals surface area (Å²) in [7, 11) is 3.27. The molecule has 0 aliphatic heterocycles. The van der Waals surface area contributed by atoms with Gasteiger partial charge in [-0.25, -0.2) is 9.78 Å². The molecule has 2 aromatic carbocycles. The van der Waals surface area contributed by atoms with Gasteiger partial charge in [0, 0.05) is 25.9 Å². The van der Waals surface area contributed by atoms with Gasteiger partial charge in [-0.15, -0.1) is 0 Å². The fourth-order valence-electron chi connectivity index (χ4n) is 4.69. The van der Waals surface area contributed by atoms with Crippen LogP contribution in [0, 0.1) is 6.92 Å². The molecule has 39 heavy (non-hydrogen) atoms. The number of rotatable bonds is 8. The molecular formula is C30H27N5O4. The van der Waals surface area contributed by atoms with Gasteiger partial charge in [0.1, 0.15) is 5.69 Å². The number of pyridine rings is 1. The topological polar surface area (TPSA) is 109 Å². The van der Waals surface area contributed by atoms with Crippen molar-refractivity contribution in [3.8, 4) is 0 Å². The SMILES string of the molecule is Cc1ccnc(C(=O)CC(=O)c2cc(Cc3ccccc3)cc(Cn3c(=O)c4c(ncn4C)n(C)c3=O)c2)c1. The summed E-state index contributed by atoms with van der Waals surface area (Å²) >= 11 is 0. The zero-order valence-electron chi connectivity index (χ0n) is 21.9. The summed E-state index contributed by atoms with van der Waals surface area (Å²) in [6.07, 6.45) is 3.24. The summed E-state index contributed by atoms with van der Waals surface area (Å²) < 4.78 is 4.06. The zero-order chi connectivity index (χ0) is 27.7. The van der Waals surface area contributed by atoms with Crippen molar-refractivity contribution in [1.82, 2.24) is 23.7 Å². The van der Waals surface area contributed by atoms with Crippen LogP contribution < -0.4 is 11.2 Å². The smallest absolute Gasteiger partial charge is 0.328 e. The lowest BCUT2D eigenvalue weighted by atomic mass is 9.96. The number of nitrogens with zero attached hydrogens (tertiary/aromatic N) is 5. The minimum Gasteiger partial charge on any atom is -0.328 e. The molecule has 5 rings (SSSR count). The largest absolute Gasteiger partial charge is 0.332 e. The predicted octanol–water partition coefficient (Wildman–Crippen LogP) is 3.23. The molecule has 0 N–H and O–H groups in total. The molecule has 9 heteroatoms. The second kappa shape index (κ2) is 10.4. The van der Waals surface area contributed by atoms with Crippen molar-refractivity contribution >= 4 is 22.7 Å². The van der Waals surface area contributed by atoms with Crippen LogP contribution in [0.3, 0.4) is 0 Å². The van der Waals surface area contributed by atoms with Gasteiger partial charge in [-0.1, -0.05) is 36.4 Å². The van der Waals surface area contributed by atoms with Crippen molar-refractivity contribution in [3.05, 3.63) is 128 Å². The third-order valence-electron chi connectivity index (χ3n) is 6.69. The molecule has 0 bridgehead atoms. The standard InChI is InChI=1S/C30H27N5O4/c1-19-9-10-31-24(11-19)26(37)16-25(36)23-14-21(12-20-7-5-4-6-8-20)13-22(15-23)17-35-29(38)27-28(32-18-33(27)2)34(3)30(35)39/h4-11,13-15,18H,12,16-17H2,1-3H3. The maximum atomic E-state index is 13.3. The summed E-state index contributed by atoms with van der Waals surface area (Å²) in [4.78, 5) is 60.8. The molecular weight excluding hydrogens is 494 g/mol. The van der Waals surface area contributed by atoms with Crippen molar-refractivity contribution in [1.29, 1.82) is 0 Å². The number of aromatic nitrogens is 5. The second-order valence-electron chi connectivity index (χ2n) is 9.70. The fraction of sp³-hybridized carbons (Fsp3) is 0.200. The number of fused-ring (bicyclic) bond motifs is 1. The molecule has 0 aliphatic carbocycles. The van der Waals surface area contributed by atoms with Crippen LogP contribution >= 0.6 is 0 Å². The lowest BCUT2D eigenvalue weighted by molar-refractivity contribution is 0.0891. The second-order valence-corrected chi connectivity index (χ2v) is 9.70. The van der Waals surface area contributed by atoms with Crippen LogP contribution in [0.1, 0.15) is 49.5 Å². The van der Waals surface area contributed by atoms with Crippen LogP contribution in [0.4, 0.5) is 0 Å². The van der Waals surface area contributed by atoms with Crippen molar-refractivity contribution < 1.29 is 9.59 Å². The van der Waals surface area contributed by atoms with E-state index in [0.717, 1.165) is 21.3 Å². The molecule has 5 aromatic rings. The van der Waals surface area contributed by atoms with E-state index in [0.29, 0.717) is 28.7 Å². The molecule has 0 amide bonds. The Morgan fingerprint density at radius 3 is 2.33 bits per heavy atom. The minimum absolute atomic E-state index is 0.0388. The quantitative estimate of drug-likeness (QED) is 0.229. The van der Waals surface area contributed by atoms with Gasteiger partial charge in [0.05, 0.1) is 19.3 Å². The maximum Gasteiger partial charge on any atom is 0.332 e. The Kier molecular flexibility index (Phi) is 6.89. The molecule has 0 radical (unpaired) electrons. The van der Waals surface area contributed by atoms with Crippen molar-refractivity contribution in [3.63, 3.8) is 0 Å². The third kappa shape index (κ3) is 5.24. The Hall–Kier alpha value is -4.92. The Morgan fingerprint density at radius 1 is 0.846 bits per heavy atom. The Balaban J connectivity index is 1.54. The average Bonchev–Trinajstić information content (AvgIpc) is 3.32. The van der Waals surface area contributed by atoms with Gasteiger partial charge < -0.3 is 4.57 Å². The Morgan fingerprint density at radius 2 is 1.59 bits per heavy atom. The monoisotopic (exact) mass is 521 g/mol. The predicted molar refractivity (Wildman–Crippen MR) is 147 cm³/mol. The van der Waals surface area contributed by atoms with Crippen LogP contribution in [0.2, 0.25) is 0 Å². The number of Topliss-reactive ketones (excluding diaryl/α,β-unsaturated/α-hetero) is 2. The Labute approximate surface area is 224 Å². The van der Waals surface area contributed by atoms with E-state index in [1.807, 2.05) is 43.3 Å². The van der Waals surface area contributed by atoms with E-state index in [1.54, 1.807) is 49.1 Å². The van der Waals surface area contributed by atoms with Crippen LogP contribution in [0.15, 0.2) is 82.8 Å². The van der Waals surface area contributed by atoms with Gasteiger partial charge in [0.25, 0.3) is 5.56 Å². The lowest BCUT2D eigenvalue weighted by Crippen LogP contribution is -2.39. The first-order valence-corrected chi connectivity index (χ1v) is 12.5. The Bertz CT molecular complexity index is 1850. The number of hydrogen-bond acceptors (Lipinski definition) is 6. The van der Waals surface area contributed by atoms with Crippen LogP contribution in [-0.4, -0.2) is 35.2 Å². The van der Waals surface area contributed by atoms with E-state index < -0.39 is 11.2 Å². The van der Waals surface area contributed by atoms with Gasteiger partial charge in [-0.2, -0.15) is 0 Å². The number of benzene rings is 2. The number of carbonyl (C=O) groups is 2. The molecule has 0 aliphatic rings. The molecule has 0 spiro atoms. The number of imidazole rings is 1.